The van der Waals surface area contributed by atoms with Gasteiger partial charge in [-0.25, -0.2) is 0 Å². The summed E-state index contributed by atoms with van der Waals surface area (Å²) in [6, 6.07) is 32.6. The van der Waals surface area contributed by atoms with Crippen LogP contribution in [0.2, 0.25) is 5.02 Å². The van der Waals surface area contributed by atoms with Crippen LogP contribution in [0.4, 0.5) is 0 Å². The number of rotatable bonds is 10. The molecular formula is C29H25ClNaO4P. The minimum Gasteiger partial charge on any atom is -0.769 e. The van der Waals surface area contributed by atoms with Crippen molar-refractivity contribution in [1.29, 1.82) is 0 Å². The molecule has 0 aromatic heterocycles. The van der Waals surface area contributed by atoms with E-state index in [2.05, 4.69) is 0 Å². The molecule has 0 radical (unpaired) electrons. The van der Waals surface area contributed by atoms with Gasteiger partial charge in [0.2, 0.25) is 0 Å². The fraction of sp³-hybridized carbons (Fsp3) is 0.138. The molecule has 36 heavy (non-hydrogen) atoms. The number of halogens is 1. The fourth-order valence-electron chi connectivity index (χ4n) is 3.98. The van der Waals surface area contributed by atoms with Crippen LogP contribution in [0.15, 0.2) is 109 Å². The molecule has 0 bridgehead atoms. The van der Waals surface area contributed by atoms with Gasteiger partial charge in [-0.15, -0.1) is 0 Å². The molecule has 0 amide bonds. The molecule has 4 rings (SSSR count). The summed E-state index contributed by atoms with van der Waals surface area (Å²) in [6.07, 6.45) is 0.956. The van der Waals surface area contributed by atoms with Gasteiger partial charge >= 0.3 is 29.6 Å². The third-order valence-corrected chi connectivity index (χ3v) is 7.19. The van der Waals surface area contributed by atoms with Crippen molar-refractivity contribution < 1.29 is 48.3 Å². The maximum absolute atomic E-state index is 13.5. The van der Waals surface area contributed by atoms with E-state index in [1.54, 1.807) is 36.4 Å². The Morgan fingerprint density at radius 3 is 1.81 bits per heavy atom. The van der Waals surface area contributed by atoms with Crippen molar-refractivity contribution in [3.05, 3.63) is 136 Å². The molecular weight excluding hydrogens is 502 g/mol. The van der Waals surface area contributed by atoms with Gasteiger partial charge in [0.15, 0.2) is 13.4 Å². The second-order valence-electron chi connectivity index (χ2n) is 8.45. The predicted octanol–water partition coefficient (Wildman–Crippen LogP) is 3.76. The van der Waals surface area contributed by atoms with E-state index in [-0.39, 0.29) is 53.2 Å². The maximum Gasteiger partial charge on any atom is 1.00 e. The van der Waals surface area contributed by atoms with Crippen molar-refractivity contribution in [2.45, 2.75) is 19.0 Å². The molecule has 0 saturated carbocycles. The van der Waals surface area contributed by atoms with E-state index in [1.165, 1.54) is 12.1 Å². The molecule has 0 saturated heterocycles. The minimum atomic E-state index is -4.14. The largest absolute Gasteiger partial charge is 1.00 e. The maximum atomic E-state index is 13.5. The van der Waals surface area contributed by atoms with Crippen LogP contribution >= 0.6 is 19.2 Å². The van der Waals surface area contributed by atoms with Gasteiger partial charge in [-0.05, 0) is 65.9 Å². The molecule has 0 aliphatic rings. The van der Waals surface area contributed by atoms with Crippen LogP contribution in [0.25, 0.3) is 0 Å². The Balaban J connectivity index is 0.00000361. The van der Waals surface area contributed by atoms with Crippen molar-refractivity contribution in [3.8, 4) is 5.75 Å². The normalized spacial score (nSPS) is 13.2. The Morgan fingerprint density at radius 1 is 0.750 bits per heavy atom. The zero-order valence-electron chi connectivity index (χ0n) is 20.0. The Hall–Kier alpha value is -2.17. The van der Waals surface area contributed by atoms with E-state index < -0.39 is 7.60 Å². The molecule has 7 heteroatoms. The van der Waals surface area contributed by atoms with E-state index in [4.69, 9.17) is 16.1 Å². The van der Waals surface area contributed by atoms with Gasteiger partial charge in [0.05, 0.1) is 0 Å². The van der Waals surface area contributed by atoms with Crippen molar-refractivity contribution >= 4 is 25.0 Å². The van der Waals surface area contributed by atoms with Gasteiger partial charge in [0.1, 0.15) is 5.75 Å². The standard InChI is InChI=1S/C29H26ClO4P.Na/c30-27-15-11-23(12-16-27)20-26(19-22-7-3-1-4-8-22)29(31)25-13-17-28(18-14-25)34-35(32,33)21-24-9-5-2-6-10-24;/h1-18,26H,19-21H2,(H,32,33);/q;+1/p-1. The summed E-state index contributed by atoms with van der Waals surface area (Å²) in [5.41, 5.74) is 3.27. The van der Waals surface area contributed by atoms with Crippen LogP contribution in [0, 0.1) is 5.92 Å². The number of ketones is 1. The van der Waals surface area contributed by atoms with Gasteiger partial charge in [-0.3, -0.25) is 9.36 Å². The molecule has 4 aromatic rings. The van der Waals surface area contributed by atoms with E-state index in [1.807, 2.05) is 60.7 Å². The first-order chi connectivity index (χ1) is 16.9. The number of carbonyl (C=O) groups is 1. The van der Waals surface area contributed by atoms with Crippen LogP contribution < -0.4 is 39.0 Å². The zero-order chi connectivity index (χ0) is 24.7. The summed E-state index contributed by atoms with van der Waals surface area (Å²) in [4.78, 5) is 25.9. The molecule has 0 N–H and O–H groups in total. The summed E-state index contributed by atoms with van der Waals surface area (Å²) in [6.45, 7) is 0. The summed E-state index contributed by atoms with van der Waals surface area (Å²) in [5, 5.41) is 0.651. The SMILES string of the molecule is O=C(c1ccc(OP(=O)([O-])Cc2ccccc2)cc1)C(Cc1ccccc1)Cc1ccc(Cl)cc1.[Na+]. The number of hydrogen-bond acceptors (Lipinski definition) is 4. The number of Topliss-reactive ketones (excluding diaryl/α,β-unsaturated/α-hetero) is 1. The van der Waals surface area contributed by atoms with Crippen molar-refractivity contribution in [2.24, 2.45) is 5.92 Å². The van der Waals surface area contributed by atoms with Gasteiger partial charge in [0.25, 0.3) is 0 Å². The third kappa shape index (κ3) is 8.45. The number of benzene rings is 4. The third-order valence-electron chi connectivity index (χ3n) is 5.69. The van der Waals surface area contributed by atoms with Crippen molar-refractivity contribution in [2.75, 3.05) is 0 Å². The van der Waals surface area contributed by atoms with Gasteiger partial charge < -0.3 is 9.42 Å². The quantitative estimate of drug-likeness (QED) is 0.179. The Bertz CT molecular complexity index is 1300. The van der Waals surface area contributed by atoms with Crippen LogP contribution in [-0.2, 0) is 23.6 Å². The summed E-state index contributed by atoms with van der Waals surface area (Å²) >= 11 is 6.02. The fourth-order valence-corrected chi connectivity index (χ4v) is 5.27. The molecule has 0 fully saturated rings. The second-order valence-corrected chi connectivity index (χ2v) is 10.6. The number of hydrogen-bond donors (Lipinski definition) is 0. The molecule has 2 atom stereocenters. The first-order valence-electron chi connectivity index (χ1n) is 11.3. The van der Waals surface area contributed by atoms with Crippen LogP contribution in [0.3, 0.4) is 0 Å². The topological polar surface area (TPSA) is 66.4 Å². The molecule has 4 nitrogen and oxygen atoms in total. The minimum absolute atomic E-state index is 0. The molecule has 2 unspecified atom stereocenters. The predicted molar refractivity (Wildman–Crippen MR) is 138 cm³/mol. The Morgan fingerprint density at radius 2 is 1.25 bits per heavy atom. The van der Waals surface area contributed by atoms with E-state index >= 15 is 0 Å². The van der Waals surface area contributed by atoms with Crippen LogP contribution in [0.5, 0.6) is 5.75 Å². The van der Waals surface area contributed by atoms with Gasteiger partial charge in [-0.2, -0.15) is 0 Å². The first kappa shape index (κ1) is 28.4. The zero-order valence-corrected chi connectivity index (χ0v) is 23.7. The van der Waals surface area contributed by atoms with E-state index in [9.17, 15) is 14.3 Å². The molecule has 0 spiro atoms. The molecule has 178 valence electrons. The summed E-state index contributed by atoms with van der Waals surface area (Å²) < 4.78 is 17.7. The summed E-state index contributed by atoms with van der Waals surface area (Å²) in [5.74, 6) is -0.105. The Kier molecular flexibility index (Phi) is 10.6. The van der Waals surface area contributed by atoms with Gasteiger partial charge in [0, 0.05) is 22.7 Å². The molecule has 4 aromatic carbocycles. The molecule has 0 aliphatic carbocycles. The van der Waals surface area contributed by atoms with E-state index in [0.717, 1.165) is 11.1 Å². The summed E-state index contributed by atoms with van der Waals surface area (Å²) in [7, 11) is -4.14. The van der Waals surface area contributed by atoms with Crippen LogP contribution in [-0.4, -0.2) is 5.78 Å². The average Bonchev–Trinajstić information content (AvgIpc) is 2.86. The second kappa shape index (κ2) is 13.4. The average molecular weight is 527 g/mol. The van der Waals surface area contributed by atoms with Crippen LogP contribution in [0.1, 0.15) is 27.0 Å². The Labute approximate surface area is 239 Å². The first-order valence-corrected chi connectivity index (χ1v) is 13.4. The van der Waals surface area contributed by atoms with E-state index in [0.29, 0.717) is 29.0 Å². The van der Waals surface area contributed by atoms with Crippen molar-refractivity contribution in [3.63, 3.8) is 0 Å². The number of carbonyl (C=O) groups excluding carboxylic acids is 1. The van der Waals surface area contributed by atoms with Crippen molar-refractivity contribution in [1.82, 2.24) is 0 Å². The monoisotopic (exact) mass is 526 g/mol. The molecule has 0 aliphatic heterocycles. The molecule has 0 heterocycles. The van der Waals surface area contributed by atoms with Gasteiger partial charge in [-0.1, -0.05) is 84.4 Å². The smallest absolute Gasteiger partial charge is 0.769 e.